The molecule has 0 bridgehead atoms. The van der Waals surface area contributed by atoms with Gasteiger partial charge in [0.25, 0.3) is 0 Å². The van der Waals surface area contributed by atoms with Crippen LogP contribution in [0.2, 0.25) is 0 Å². The quantitative estimate of drug-likeness (QED) is 0.443. The highest BCUT2D eigenvalue weighted by atomic mass is 32.2. The van der Waals surface area contributed by atoms with E-state index in [4.69, 9.17) is 16.1 Å². The summed E-state index contributed by atoms with van der Waals surface area (Å²) >= 11 is 1.77. The minimum absolute atomic E-state index is 0.0424. The van der Waals surface area contributed by atoms with Crippen LogP contribution < -0.4 is 11.1 Å². The number of allylic oxidation sites excluding steroid dienone is 1. The monoisotopic (exact) mass is 315 g/mol. The number of thioether (sulfide) groups is 1. The van der Waals surface area contributed by atoms with Gasteiger partial charge in [-0.3, -0.25) is 10.4 Å². The molecule has 0 fully saturated rings. The van der Waals surface area contributed by atoms with E-state index in [0.29, 0.717) is 6.04 Å². The van der Waals surface area contributed by atoms with E-state index in [1.165, 1.54) is 16.2 Å². The Kier molecular flexibility index (Phi) is 4.38. The van der Waals surface area contributed by atoms with E-state index in [2.05, 4.69) is 41.4 Å². The molecule has 116 valence electrons. The Labute approximate surface area is 135 Å². The van der Waals surface area contributed by atoms with Crippen LogP contribution in [-0.2, 0) is 0 Å². The first-order valence-corrected chi connectivity index (χ1v) is 8.34. The van der Waals surface area contributed by atoms with Gasteiger partial charge in [0.1, 0.15) is 0 Å². The molecule has 22 heavy (non-hydrogen) atoms. The van der Waals surface area contributed by atoms with Crippen molar-refractivity contribution in [3.8, 4) is 0 Å². The van der Waals surface area contributed by atoms with Gasteiger partial charge in [-0.1, -0.05) is 42.1 Å². The topological polar surface area (TPSA) is 77.5 Å². The number of fused-ring (bicyclic) bond motifs is 1. The van der Waals surface area contributed by atoms with Gasteiger partial charge in [0.05, 0.1) is 18.3 Å². The van der Waals surface area contributed by atoms with E-state index in [1.54, 1.807) is 11.8 Å². The number of guanidine groups is 1. The molecule has 0 aromatic heterocycles. The van der Waals surface area contributed by atoms with E-state index in [9.17, 15) is 0 Å². The van der Waals surface area contributed by atoms with Crippen molar-refractivity contribution in [2.75, 3.05) is 13.1 Å². The zero-order valence-corrected chi connectivity index (χ0v) is 13.5. The Balaban J connectivity index is 1.71. The Hall–Kier alpha value is -1.95. The summed E-state index contributed by atoms with van der Waals surface area (Å²) in [4.78, 5) is 8.40. The number of nitrogens with two attached hydrogens (primary N) is 1. The molecule has 2 aliphatic rings. The summed E-state index contributed by atoms with van der Waals surface area (Å²) in [7, 11) is 0. The first kappa shape index (κ1) is 15.0. The zero-order valence-electron chi connectivity index (χ0n) is 12.7. The molecule has 0 aliphatic carbocycles. The fourth-order valence-electron chi connectivity index (χ4n) is 2.93. The predicted octanol–water partition coefficient (Wildman–Crippen LogP) is 2.43. The number of aliphatic imine (C=N–C) groups is 1. The summed E-state index contributed by atoms with van der Waals surface area (Å²) in [5, 5.41) is 11.2. The Morgan fingerprint density at radius 1 is 1.45 bits per heavy atom. The van der Waals surface area contributed by atoms with Gasteiger partial charge in [-0.15, -0.1) is 0 Å². The Morgan fingerprint density at radius 3 is 2.95 bits per heavy atom. The fraction of sp³-hybridized carbons (Fsp3) is 0.375. The van der Waals surface area contributed by atoms with Crippen LogP contribution in [0.1, 0.15) is 25.3 Å². The lowest BCUT2D eigenvalue weighted by atomic mass is 10.1. The summed E-state index contributed by atoms with van der Waals surface area (Å²) in [5.41, 5.74) is 7.87. The van der Waals surface area contributed by atoms with Crippen LogP contribution in [0.5, 0.6) is 0 Å². The van der Waals surface area contributed by atoms with Crippen LogP contribution in [-0.4, -0.2) is 35.2 Å². The van der Waals surface area contributed by atoms with Crippen molar-refractivity contribution < 1.29 is 0 Å². The van der Waals surface area contributed by atoms with Crippen molar-refractivity contribution in [2.24, 2.45) is 10.7 Å². The van der Waals surface area contributed by atoms with E-state index in [-0.39, 0.29) is 5.96 Å². The summed E-state index contributed by atoms with van der Waals surface area (Å²) in [5.74, 6) is 0.0424. The highest BCUT2D eigenvalue weighted by molar-refractivity contribution is 8.17. The number of nitrogens with zero attached hydrogens (tertiary/aromatic N) is 2. The molecule has 1 aromatic rings. The fourth-order valence-corrected chi connectivity index (χ4v) is 4.00. The number of rotatable bonds is 5. The second-order valence-corrected chi connectivity index (χ2v) is 6.68. The molecule has 0 spiro atoms. The minimum atomic E-state index is 0.0424. The van der Waals surface area contributed by atoms with Crippen molar-refractivity contribution in [3.63, 3.8) is 0 Å². The summed E-state index contributed by atoms with van der Waals surface area (Å²) in [6.07, 6.45) is 2.02. The molecule has 4 N–H and O–H groups in total. The molecule has 0 saturated carbocycles. The number of nitrogens with one attached hydrogen (secondary N) is 2. The van der Waals surface area contributed by atoms with E-state index >= 15 is 0 Å². The first-order valence-electron chi connectivity index (χ1n) is 7.52. The molecule has 2 heterocycles. The van der Waals surface area contributed by atoms with Crippen molar-refractivity contribution >= 4 is 28.6 Å². The van der Waals surface area contributed by atoms with Gasteiger partial charge < -0.3 is 16.0 Å². The van der Waals surface area contributed by atoms with Crippen molar-refractivity contribution in [2.45, 2.75) is 25.8 Å². The van der Waals surface area contributed by atoms with Gasteiger partial charge in [0.2, 0.25) is 0 Å². The molecule has 1 atom stereocenters. The molecular formula is C16H21N5S. The van der Waals surface area contributed by atoms with Gasteiger partial charge in [-0.25, -0.2) is 0 Å². The maximum atomic E-state index is 7.19. The molecular weight excluding hydrogens is 294 g/mol. The molecule has 5 nitrogen and oxygen atoms in total. The largest absolute Gasteiger partial charge is 0.370 e. The number of benzene rings is 1. The summed E-state index contributed by atoms with van der Waals surface area (Å²) in [6, 6.07) is 10.9. The van der Waals surface area contributed by atoms with Crippen LogP contribution in [0.25, 0.3) is 5.70 Å². The van der Waals surface area contributed by atoms with Gasteiger partial charge in [-0.2, -0.15) is 0 Å². The third-order valence-corrected chi connectivity index (χ3v) is 4.91. The zero-order chi connectivity index (χ0) is 15.5. The lowest BCUT2D eigenvalue weighted by Gasteiger charge is -2.26. The number of hydrogen-bond acceptors (Lipinski definition) is 4. The van der Waals surface area contributed by atoms with Crippen LogP contribution in [0, 0.1) is 5.41 Å². The van der Waals surface area contributed by atoms with Gasteiger partial charge in [0, 0.05) is 11.4 Å². The second-order valence-electron chi connectivity index (χ2n) is 5.50. The van der Waals surface area contributed by atoms with E-state index in [0.717, 1.165) is 31.1 Å². The molecule has 1 aromatic carbocycles. The van der Waals surface area contributed by atoms with Gasteiger partial charge >= 0.3 is 0 Å². The molecule has 2 aliphatic heterocycles. The first-order chi connectivity index (χ1) is 10.7. The minimum Gasteiger partial charge on any atom is -0.370 e. The molecule has 0 saturated heterocycles. The van der Waals surface area contributed by atoms with Crippen molar-refractivity contribution in [3.05, 3.63) is 40.8 Å². The SMILES string of the molecule is CC1=C(c2ccccc2)N2C(=NC[C@H]2CCCNC(=N)N)S1. The number of hydrogen-bond donors (Lipinski definition) is 3. The summed E-state index contributed by atoms with van der Waals surface area (Å²) < 4.78 is 0. The molecule has 0 radical (unpaired) electrons. The molecule has 3 rings (SSSR count). The predicted molar refractivity (Wildman–Crippen MR) is 93.7 cm³/mol. The van der Waals surface area contributed by atoms with E-state index in [1.807, 2.05) is 6.07 Å². The summed E-state index contributed by atoms with van der Waals surface area (Å²) in [6.45, 7) is 3.76. The average molecular weight is 315 g/mol. The maximum absolute atomic E-state index is 7.19. The highest BCUT2D eigenvalue weighted by Crippen LogP contribution is 2.43. The normalized spacial score (nSPS) is 20.1. The molecule has 0 amide bonds. The third kappa shape index (κ3) is 2.97. The standard InChI is InChI=1S/C16H21N5S/c1-11-14(12-6-3-2-4-7-12)21-13(10-20-16(21)22-11)8-5-9-19-15(17)18/h2-4,6-7,13H,5,8-10H2,1H3,(H4,17,18,19)/t13-/m1/s1. The average Bonchev–Trinajstić information content (AvgIpc) is 3.02. The smallest absolute Gasteiger partial charge is 0.185 e. The molecule has 0 unspecified atom stereocenters. The Morgan fingerprint density at radius 2 is 2.23 bits per heavy atom. The van der Waals surface area contributed by atoms with Gasteiger partial charge in [0.15, 0.2) is 11.1 Å². The van der Waals surface area contributed by atoms with Crippen LogP contribution >= 0.6 is 11.8 Å². The van der Waals surface area contributed by atoms with Crippen molar-refractivity contribution in [1.82, 2.24) is 10.2 Å². The van der Waals surface area contributed by atoms with Gasteiger partial charge in [-0.05, 0) is 25.3 Å². The highest BCUT2D eigenvalue weighted by Gasteiger charge is 2.37. The van der Waals surface area contributed by atoms with Crippen LogP contribution in [0.4, 0.5) is 0 Å². The second kappa shape index (κ2) is 6.44. The number of amidine groups is 1. The lowest BCUT2D eigenvalue weighted by Crippen LogP contribution is -2.34. The Bertz CT molecular complexity index is 623. The van der Waals surface area contributed by atoms with Crippen molar-refractivity contribution in [1.29, 1.82) is 5.41 Å². The van der Waals surface area contributed by atoms with Crippen LogP contribution in [0.15, 0.2) is 40.2 Å². The van der Waals surface area contributed by atoms with E-state index < -0.39 is 0 Å². The molecule has 6 heteroatoms. The maximum Gasteiger partial charge on any atom is 0.185 e. The third-order valence-electron chi connectivity index (χ3n) is 3.90. The lowest BCUT2D eigenvalue weighted by molar-refractivity contribution is 0.424. The van der Waals surface area contributed by atoms with Crippen LogP contribution in [0.3, 0.4) is 0 Å².